The largest absolute Gasteiger partial charge is 0.494 e. The molecule has 5 heteroatoms. The van der Waals surface area contributed by atoms with Crippen molar-refractivity contribution < 1.29 is 19.1 Å². The summed E-state index contributed by atoms with van der Waals surface area (Å²) < 4.78 is 11.7. The Labute approximate surface area is 179 Å². The number of hydrogen-bond acceptors (Lipinski definition) is 4. The second kappa shape index (κ2) is 12.0. The molecule has 0 spiro atoms. The number of amides is 1. The van der Waals surface area contributed by atoms with E-state index in [-0.39, 0.29) is 18.1 Å². The predicted molar refractivity (Wildman–Crippen MR) is 120 cm³/mol. The molecule has 0 radical (unpaired) electrons. The van der Waals surface area contributed by atoms with E-state index in [4.69, 9.17) is 9.47 Å². The highest BCUT2D eigenvalue weighted by Crippen LogP contribution is 2.30. The fourth-order valence-corrected chi connectivity index (χ4v) is 2.71. The SMILES string of the molecule is CC(C)CCOc1ccc(OCCC(C)C)c(NC(=O)CC(=O)c2ccccc2)c1. The third-order valence-electron chi connectivity index (χ3n) is 4.56. The van der Waals surface area contributed by atoms with Gasteiger partial charge in [0, 0.05) is 11.6 Å². The number of hydrogen-bond donors (Lipinski definition) is 1. The van der Waals surface area contributed by atoms with E-state index in [1.165, 1.54) is 0 Å². The van der Waals surface area contributed by atoms with Gasteiger partial charge in [-0.05, 0) is 36.8 Å². The molecule has 0 saturated heterocycles. The van der Waals surface area contributed by atoms with Gasteiger partial charge in [0.25, 0.3) is 0 Å². The van der Waals surface area contributed by atoms with Crippen LogP contribution in [-0.2, 0) is 4.79 Å². The molecule has 1 N–H and O–H groups in total. The van der Waals surface area contributed by atoms with Crippen LogP contribution < -0.4 is 14.8 Å². The fraction of sp³-hybridized carbons (Fsp3) is 0.440. The normalized spacial score (nSPS) is 10.9. The summed E-state index contributed by atoms with van der Waals surface area (Å²) in [7, 11) is 0. The van der Waals surface area contributed by atoms with Crippen molar-refractivity contribution in [3.63, 3.8) is 0 Å². The van der Waals surface area contributed by atoms with E-state index in [0.717, 1.165) is 12.8 Å². The monoisotopic (exact) mass is 411 g/mol. The number of carbonyl (C=O) groups excluding carboxylic acids is 2. The highest BCUT2D eigenvalue weighted by Gasteiger charge is 2.15. The molecule has 30 heavy (non-hydrogen) atoms. The number of rotatable bonds is 12. The molecule has 0 aromatic heterocycles. The van der Waals surface area contributed by atoms with Crippen LogP contribution in [0.15, 0.2) is 48.5 Å². The van der Waals surface area contributed by atoms with Crippen LogP contribution in [0.3, 0.4) is 0 Å². The number of benzene rings is 2. The third kappa shape index (κ3) is 8.27. The molecule has 0 fully saturated rings. The molecule has 5 nitrogen and oxygen atoms in total. The fourth-order valence-electron chi connectivity index (χ4n) is 2.71. The number of anilines is 1. The zero-order chi connectivity index (χ0) is 21.9. The second-order valence-corrected chi connectivity index (χ2v) is 8.23. The Kier molecular flexibility index (Phi) is 9.39. The van der Waals surface area contributed by atoms with Crippen LogP contribution in [0.2, 0.25) is 0 Å². The summed E-state index contributed by atoms with van der Waals surface area (Å²) in [5.41, 5.74) is 1.04. The molecule has 0 atom stereocenters. The van der Waals surface area contributed by atoms with Gasteiger partial charge in [0.15, 0.2) is 5.78 Å². The zero-order valence-electron chi connectivity index (χ0n) is 18.4. The minimum absolute atomic E-state index is 0.222. The molecule has 2 aromatic carbocycles. The highest BCUT2D eigenvalue weighted by molar-refractivity contribution is 6.11. The van der Waals surface area contributed by atoms with Gasteiger partial charge >= 0.3 is 0 Å². The van der Waals surface area contributed by atoms with Gasteiger partial charge in [0.1, 0.15) is 11.5 Å². The lowest BCUT2D eigenvalue weighted by atomic mass is 10.1. The van der Waals surface area contributed by atoms with E-state index in [2.05, 4.69) is 33.0 Å². The average Bonchev–Trinajstić information content (AvgIpc) is 2.69. The molecule has 0 aliphatic carbocycles. The van der Waals surface area contributed by atoms with E-state index < -0.39 is 0 Å². The number of carbonyl (C=O) groups is 2. The van der Waals surface area contributed by atoms with Crippen LogP contribution in [-0.4, -0.2) is 24.9 Å². The molecular formula is C25H33NO4. The van der Waals surface area contributed by atoms with E-state index >= 15 is 0 Å². The Morgan fingerprint density at radius 3 is 2.13 bits per heavy atom. The summed E-state index contributed by atoms with van der Waals surface area (Å²) in [5.74, 6) is 1.71. The van der Waals surface area contributed by atoms with Gasteiger partial charge < -0.3 is 14.8 Å². The van der Waals surface area contributed by atoms with E-state index in [1.54, 1.807) is 36.4 Å². The van der Waals surface area contributed by atoms with Crippen LogP contribution in [0, 0.1) is 11.8 Å². The lowest BCUT2D eigenvalue weighted by Gasteiger charge is -2.15. The summed E-state index contributed by atoms with van der Waals surface area (Å²) in [6.45, 7) is 9.71. The lowest BCUT2D eigenvalue weighted by molar-refractivity contribution is -0.115. The minimum Gasteiger partial charge on any atom is -0.494 e. The van der Waals surface area contributed by atoms with Crippen molar-refractivity contribution in [3.8, 4) is 11.5 Å². The topological polar surface area (TPSA) is 64.6 Å². The average molecular weight is 412 g/mol. The molecule has 0 heterocycles. The molecular weight excluding hydrogens is 378 g/mol. The Hall–Kier alpha value is -2.82. The van der Waals surface area contributed by atoms with Gasteiger partial charge in [-0.15, -0.1) is 0 Å². The quantitative estimate of drug-likeness (QED) is 0.357. The first-order valence-electron chi connectivity index (χ1n) is 10.6. The van der Waals surface area contributed by atoms with Crippen molar-refractivity contribution in [2.24, 2.45) is 11.8 Å². The van der Waals surface area contributed by atoms with Gasteiger partial charge in [-0.1, -0.05) is 58.0 Å². The van der Waals surface area contributed by atoms with Gasteiger partial charge in [0.05, 0.1) is 25.3 Å². The molecule has 2 aromatic rings. The summed E-state index contributed by atoms with van der Waals surface area (Å²) in [6, 6.07) is 14.2. The Morgan fingerprint density at radius 2 is 1.50 bits per heavy atom. The zero-order valence-corrected chi connectivity index (χ0v) is 18.4. The molecule has 0 aliphatic rings. The molecule has 0 bridgehead atoms. The molecule has 1 amide bonds. The summed E-state index contributed by atoms with van der Waals surface area (Å²) in [5, 5.41) is 2.82. The standard InChI is InChI=1S/C25H33NO4/c1-18(2)12-14-29-21-10-11-24(30-15-13-19(3)4)22(16-21)26-25(28)17-23(27)20-8-6-5-7-9-20/h5-11,16,18-19H,12-15,17H2,1-4H3,(H,26,28). The molecule has 0 aliphatic heterocycles. The van der Waals surface area contributed by atoms with Crippen LogP contribution in [0.25, 0.3) is 0 Å². The van der Waals surface area contributed by atoms with Crippen molar-refractivity contribution >= 4 is 17.4 Å². The maximum Gasteiger partial charge on any atom is 0.232 e. The molecule has 0 saturated carbocycles. The van der Waals surface area contributed by atoms with Gasteiger partial charge in [-0.25, -0.2) is 0 Å². The molecule has 0 unspecified atom stereocenters. The summed E-state index contributed by atoms with van der Waals surface area (Å²) >= 11 is 0. The van der Waals surface area contributed by atoms with Crippen LogP contribution >= 0.6 is 0 Å². The maximum absolute atomic E-state index is 12.5. The first-order valence-corrected chi connectivity index (χ1v) is 10.6. The summed E-state index contributed by atoms with van der Waals surface area (Å²) in [6.07, 6.45) is 1.63. The second-order valence-electron chi connectivity index (χ2n) is 8.23. The lowest BCUT2D eigenvalue weighted by Crippen LogP contribution is -2.17. The van der Waals surface area contributed by atoms with E-state index in [0.29, 0.717) is 47.8 Å². The van der Waals surface area contributed by atoms with Crippen molar-refractivity contribution in [2.75, 3.05) is 18.5 Å². The smallest absolute Gasteiger partial charge is 0.232 e. The van der Waals surface area contributed by atoms with Gasteiger partial charge in [-0.3, -0.25) is 9.59 Å². The van der Waals surface area contributed by atoms with E-state index in [1.807, 2.05) is 12.1 Å². The first kappa shape index (κ1) is 23.5. The predicted octanol–water partition coefficient (Wildman–Crippen LogP) is 5.75. The summed E-state index contributed by atoms with van der Waals surface area (Å²) in [4.78, 5) is 24.8. The van der Waals surface area contributed by atoms with Crippen LogP contribution in [0.1, 0.15) is 57.3 Å². The number of nitrogens with one attached hydrogen (secondary N) is 1. The molecule has 2 rings (SSSR count). The van der Waals surface area contributed by atoms with Crippen LogP contribution in [0.5, 0.6) is 11.5 Å². The number of Topliss-reactive ketones (excluding diaryl/α,β-unsaturated/α-hetero) is 1. The van der Waals surface area contributed by atoms with Gasteiger partial charge in [-0.2, -0.15) is 0 Å². The van der Waals surface area contributed by atoms with Crippen LogP contribution in [0.4, 0.5) is 5.69 Å². The van der Waals surface area contributed by atoms with E-state index in [9.17, 15) is 9.59 Å². The highest BCUT2D eigenvalue weighted by atomic mass is 16.5. The Balaban J connectivity index is 2.07. The number of ether oxygens (including phenoxy) is 2. The number of ketones is 1. The van der Waals surface area contributed by atoms with Crippen molar-refractivity contribution in [3.05, 3.63) is 54.1 Å². The molecule has 162 valence electrons. The maximum atomic E-state index is 12.5. The Morgan fingerprint density at radius 1 is 0.867 bits per heavy atom. The van der Waals surface area contributed by atoms with Crippen molar-refractivity contribution in [1.29, 1.82) is 0 Å². The van der Waals surface area contributed by atoms with Crippen molar-refractivity contribution in [2.45, 2.75) is 47.0 Å². The van der Waals surface area contributed by atoms with Crippen molar-refractivity contribution in [1.82, 2.24) is 0 Å². The van der Waals surface area contributed by atoms with Gasteiger partial charge in [0.2, 0.25) is 5.91 Å². The first-order chi connectivity index (χ1) is 14.3. The Bertz CT molecular complexity index is 815. The third-order valence-corrected chi connectivity index (χ3v) is 4.56. The minimum atomic E-state index is -0.378.